The average Bonchev–Trinajstić information content (AvgIpc) is 3.86. The van der Waals surface area contributed by atoms with E-state index in [-0.39, 0.29) is 5.41 Å². The van der Waals surface area contributed by atoms with Gasteiger partial charge < -0.3 is 4.90 Å². The Hall–Kier alpha value is -7.22. The minimum Gasteiger partial charge on any atom is -0.310 e. The van der Waals surface area contributed by atoms with Crippen molar-refractivity contribution < 1.29 is 0 Å². The van der Waals surface area contributed by atoms with E-state index in [9.17, 15) is 0 Å². The highest BCUT2D eigenvalue weighted by molar-refractivity contribution is 5.99. The molecule has 278 valence electrons. The predicted molar refractivity (Wildman–Crippen MR) is 246 cm³/mol. The second kappa shape index (κ2) is 12.6. The number of fused-ring (bicyclic) bond motifs is 13. The maximum absolute atomic E-state index is 2.49. The van der Waals surface area contributed by atoms with Gasteiger partial charge in [0.25, 0.3) is 0 Å². The molecular weight excluding hydrogens is 711 g/mol. The number of anilines is 3. The van der Waals surface area contributed by atoms with E-state index in [0.717, 1.165) is 17.1 Å². The second-order valence-corrected chi connectivity index (χ2v) is 16.8. The molecule has 3 aliphatic rings. The fourth-order valence-electron chi connectivity index (χ4n) is 11.0. The minimum atomic E-state index is -0.439. The third kappa shape index (κ3) is 4.67. The van der Waals surface area contributed by atoms with Crippen LogP contribution in [0.1, 0.15) is 47.2 Å². The molecule has 0 aromatic heterocycles. The third-order valence-electron chi connectivity index (χ3n) is 13.5. The number of hydrogen-bond acceptors (Lipinski definition) is 1. The fourth-order valence-corrected chi connectivity index (χ4v) is 11.0. The van der Waals surface area contributed by atoms with Crippen molar-refractivity contribution in [2.75, 3.05) is 4.90 Å². The summed E-state index contributed by atoms with van der Waals surface area (Å²) >= 11 is 0. The van der Waals surface area contributed by atoms with Crippen molar-refractivity contribution in [3.05, 3.63) is 246 Å². The lowest BCUT2D eigenvalue weighted by Crippen LogP contribution is -2.26. The van der Waals surface area contributed by atoms with Gasteiger partial charge in [-0.2, -0.15) is 0 Å². The largest absolute Gasteiger partial charge is 0.310 e. The summed E-state index contributed by atoms with van der Waals surface area (Å²) in [4.78, 5) is 2.49. The Bertz CT molecular complexity index is 3090. The lowest BCUT2D eigenvalue weighted by atomic mass is 9.68. The zero-order chi connectivity index (χ0) is 39.3. The van der Waals surface area contributed by atoms with Crippen LogP contribution in [0.2, 0.25) is 0 Å². The molecule has 12 rings (SSSR count). The summed E-state index contributed by atoms with van der Waals surface area (Å²) in [7, 11) is 0. The maximum Gasteiger partial charge on any atom is 0.0731 e. The number of hydrogen-bond donors (Lipinski definition) is 0. The Labute approximate surface area is 346 Å². The highest BCUT2D eigenvalue weighted by Crippen LogP contribution is 2.64. The Morgan fingerprint density at radius 3 is 1.44 bits per heavy atom. The molecule has 0 saturated carbocycles. The van der Waals surface area contributed by atoms with E-state index in [2.05, 4.69) is 231 Å². The van der Waals surface area contributed by atoms with Crippen LogP contribution in [-0.4, -0.2) is 0 Å². The van der Waals surface area contributed by atoms with E-state index >= 15 is 0 Å². The van der Waals surface area contributed by atoms with Crippen LogP contribution in [0.3, 0.4) is 0 Å². The zero-order valence-corrected chi connectivity index (χ0v) is 33.2. The number of benzene rings is 9. The molecule has 0 amide bonds. The third-order valence-corrected chi connectivity index (χ3v) is 13.5. The molecule has 1 heteroatoms. The number of para-hydroxylation sites is 1. The Kier molecular flexibility index (Phi) is 7.26. The molecule has 0 aliphatic heterocycles. The van der Waals surface area contributed by atoms with Crippen LogP contribution in [0.15, 0.2) is 212 Å². The quantitative estimate of drug-likeness (QED) is 0.169. The van der Waals surface area contributed by atoms with E-state index in [0.29, 0.717) is 0 Å². The van der Waals surface area contributed by atoms with Gasteiger partial charge in [-0.25, -0.2) is 0 Å². The summed E-state index contributed by atoms with van der Waals surface area (Å²) in [5.41, 5.74) is 23.8. The molecule has 0 fully saturated rings. The van der Waals surface area contributed by atoms with Crippen LogP contribution < -0.4 is 4.90 Å². The fraction of sp³-hybridized carbons (Fsp3) is 0.0690. The van der Waals surface area contributed by atoms with Gasteiger partial charge in [-0.1, -0.05) is 196 Å². The summed E-state index contributed by atoms with van der Waals surface area (Å²) in [6.45, 7) is 4.74. The highest BCUT2D eigenvalue weighted by atomic mass is 15.1. The molecule has 59 heavy (non-hydrogen) atoms. The van der Waals surface area contributed by atoms with Gasteiger partial charge in [0.2, 0.25) is 0 Å². The Balaban J connectivity index is 1.10. The molecule has 0 saturated heterocycles. The summed E-state index contributed by atoms with van der Waals surface area (Å²) < 4.78 is 0. The maximum atomic E-state index is 2.49. The summed E-state index contributed by atoms with van der Waals surface area (Å²) in [6, 6.07) is 79.2. The topological polar surface area (TPSA) is 3.24 Å². The van der Waals surface area contributed by atoms with Crippen LogP contribution in [-0.2, 0) is 10.8 Å². The summed E-state index contributed by atoms with van der Waals surface area (Å²) in [6.07, 6.45) is 0. The standard InChI is InChI=1S/C58H41N/c1-57(2)50-29-11-6-23-44(50)48-35-34-41(37-54(48)57)59(55-33-15-10-22-42(55)38-18-4-3-5-19-38)40-21-16-20-39(36-40)43-27-17-28-49-47-26-9-14-32-53(47)58(56(43)49)51-30-12-7-24-45(51)46-25-8-13-31-52(46)58/h3-37H,1-2H3. The van der Waals surface area contributed by atoms with Crippen LogP contribution in [0.5, 0.6) is 0 Å². The second-order valence-electron chi connectivity index (χ2n) is 16.8. The van der Waals surface area contributed by atoms with Crippen molar-refractivity contribution in [1.82, 2.24) is 0 Å². The van der Waals surface area contributed by atoms with E-state index in [1.807, 2.05) is 0 Å². The van der Waals surface area contributed by atoms with Crippen LogP contribution in [0, 0.1) is 0 Å². The van der Waals surface area contributed by atoms with Crippen molar-refractivity contribution in [3.63, 3.8) is 0 Å². The lowest BCUT2D eigenvalue weighted by molar-refractivity contribution is 0.660. The monoisotopic (exact) mass is 751 g/mol. The van der Waals surface area contributed by atoms with E-state index in [1.165, 1.54) is 89.0 Å². The molecule has 0 bridgehead atoms. The number of rotatable bonds is 5. The van der Waals surface area contributed by atoms with Crippen LogP contribution in [0.4, 0.5) is 17.1 Å². The number of nitrogens with zero attached hydrogens (tertiary/aromatic N) is 1. The Morgan fingerprint density at radius 2 is 0.763 bits per heavy atom. The van der Waals surface area contributed by atoms with E-state index in [4.69, 9.17) is 0 Å². The van der Waals surface area contributed by atoms with Gasteiger partial charge in [0.05, 0.1) is 11.1 Å². The van der Waals surface area contributed by atoms with Crippen molar-refractivity contribution >= 4 is 17.1 Å². The first-order valence-electron chi connectivity index (χ1n) is 20.8. The molecule has 3 aliphatic carbocycles. The zero-order valence-electron chi connectivity index (χ0n) is 33.2. The van der Waals surface area contributed by atoms with E-state index in [1.54, 1.807) is 0 Å². The molecular formula is C58H41N. The van der Waals surface area contributed by atoms with Gasteiger partial charge in [-0.15, -0.1) is 0 Å². The first-order chi connectivity index (χ1) is 29.0. The van der Waals surface area contributed by atoms with Gasteiger partial charge in [0.1, 0.15) is 0 Å². The molecule has 1 nitrogen and oxygen atoms in total. The first-order valence-corrected chi connectivity index (χ1v) is 20.8. The molecule has 0 atom stereocenters. The van der Waals surface area contributed by atoms with Crippen molar-refractivity contribution in [2.45, 2.75) is 24.7 Å². The first kappa shape index (κ1) is 33.9. The van der Waals surface area contributed by atoms with Gasteiger partial charge in [-0.3, -0.25) is 0 Å². The molecule has 9 aromatic rings. The molecule has 0 N–H and O–H groups in total. The van der Waals surface area contributed by atoms with Gasteiger partial charge in [0, 0.05) is 22.4 Å². The van der Waals surface area contributed by atoms with Gasteiger partial charge in [-0.05, 0) is 114 Å². The normalized spacial score (nSPS) is 14.2. The van der Waals surface area contributed by atoms with Gasteiger partial charge >= 0.3 is 0 Å². The van der Waals surface area contributed by atoms with Crippen LogP contribution in [0.25, 0.3) is 55.6 Å². The predicted octanol–water partition coefficient (Wildman–Crippen LogP) is 15.1. The molecule has 0 heterocycles. The summed E-state index contributed by atoms with van der Waals surface area (Å²) in [5.74, 6) is 0. The average molecular weight is 752 g/mol. The minimum absolute atomic E-state index is 0.129. The SMILES string of the molecule is CC1(C)c2ccccc2-c2ccc(N(c3cccc(-c4cccc5c4C4(c6ccccc6-c6ccccc64)c4ccccc4-5)c3)c3ccccc3-c3ccccc3)cc21. The Morgan fingerprint density at radius 1 is 0.305 bits per heavy atom. The van der Waals surface area contributed by atoms with Crippen LogP contribution >= 0.6 is 0 Å². The van der Waals surface area contributed by atoms with Crippen molar-refractivity contribution in [3.8, 4) is 55.6 Å². The van der Waals surface area contributed by atoms with E-state index < -0.39 is 5.41 Å². The van der Waals surface area contributed by atoms with Gasteiger partial charge in [0.15, 0.2) is 0 Å². The smallest absolute Gasteiger partial charge is 0.0731 e. The molecule has 1 spiro atoms. The molecule has 0 unspecified atom stereocenters. The van der Waals surface area contributed by atoms with Crippen molar-refractivity contribution in [1.29, 1.82) is 0 Å². The molecule has 0 radical (unpaired) electrons. The highest BCUT2D eigenvalue weighted by Gasteiger charge is 2.52. The molecule has 9 aromatic carbocycles. The summed E-state index contributed by atoms with van der Waals surface area (Å²) in [5, 5.41) is 0. The van der Waals surface area contributed by atoms with Crippen molar-refractivity contribution in [2.24, 2.45) is 0 Å². The lowest BCUT2D eigenvalue weighted by Gasteiger charge is -2.33.